The number of methoxy groups -OCH3 is 1. The van der Waals surface area contributed by atoms with E-state index in [1.807, 2.05) is 48.5 Å². The fraction of sp³-hybridized carbons (Fsp3) is 0.190. The van der Waals surface area contributed by atoms with Crippen molar-refractivity contribution in [2.45, 2.75) is 12.8 Å². The highest BCUT2D eigenvalue weighted by Gasteiger charge is 2.39. The predicted octanol–water partition coefficient (Wildman–Crippen LogP) is 3.37. The third-order valence-electron chi connectivity index (χ3n) is 4.66. The monoisotopic (exact) mass is 346 g/mol. The molecule has 1 aliphatic rings. The van der Waals surface area contributed by atoms with Crippen molar-refractivity contribution in [3.05, 3.63) is 66.4 Å². The first-order chi connectivity index (χ1) is 12.7. The van der Waals surface area contributed by atoms with Gasteiger partial charge in [-0.05, 0) is 36.4 Å². The molecule has 5 nitrogen and oxygen atoms in total. The van der Waals surface area contributed by atoms with Crippen molar-refractivity contribution < 1.29 is 14.3 Å². The van der Waals surface area contributed by atoms with Crippen LogP contribution in [0.2, 0.25) is 0 Å². The fourth-order valence-electron chi connectivity index (χ4n) is 3.34. The predicted molar refractivity (Wildman–Crippen MR) is 99.0 cm³/mol. The molecule has 0 aliphatic carbocycles. The van der Waals surface area contributed by atoms with E-state index in [-0.39, 0.29) is 24.2 Å². The van der Waals surface area contributed by atoms with Crippen LogP contribution in [-0.4, -0.2) is 23.9 Å². The number of pyridine rings is 1. The third kappa shape index (κ3) is 2.92. The Bertz CT molecular complexity index is 985. The van der Waals surface area contributed by atoms with Gasteiger partial charge in [0, 0.05) is 23.9 Å². The SMILES string of the molecule is COc1ccc2nc(CC3CC(=O)N(c4ccccc4)C3=O)ccc2c1. The van der Waals surface area contributed by atoms with Gasteiger partial charge < -0.3 is 4.74 Å². The number of hydrogen-bond acceptors (Lipinski definition) is 4. The topological polar surface area (TPSA) is 59.5 Å². The zero-order valence-corrected chi connectivity index (χ0v) is 14.4. The number of aromatic nitrogens is 1. The number of carbonyl (C=O) groups excluding carboxylic acids is 2. The van der Waals surface area contributed by atoms with E-state index in [0.717, 1.165) is 22.3 Å². The Morgan fingerprint density at radius 3 is 2.65 bits per heavy atom. The van der Waals surface area contributed by atoms with Gasteiger partial charge in [-0.3, -0.25) is 19.5 Å². The molecule has 5 heteroatoms. The first-order valence-corrected chi connectivity index (χ1v) is 8.51. The van der Waals surface area contributed by atoms with Crippen molar-refractivity contribution in [3.8, 4) is 5.75 Å². The van der Waals surface area contributed by atoms with Crippen LogP contribution >= 0.6 is 0 Å². The zero-order valence-electron chi connectivity index (χ0n) is 14.4. The van der Waals surface area contributed by atoms with Gasteiger partial charge in [0.15, 0.2) is 0 Å². The van der Waals surface area contributed by atoms with Gasteiger partial charge >= 0.3 is 0 Å². The molecule has 4 rings (SSSR count). The number of carbonyl (C=O) groups is 2. The normalized spacial score (nSPS) is 17.1. The summed E-state index contributed by atoms with van der Waals surface area (Å²) in [7, 11) is 1.63. The van der Waals surface area contributed by atoms with Crippen molar-refractivity contribution in [2.24, 2.45) is 5.92 Å². The molecule has 26 heavy (non-hydrogen) atoms. The molecule has 0 spiro atoms. The van der Waals surface area contributed by atoms with Crippen LogP contribution in [0.1, 0.15) is 12.1 Å². The van der Waals surface area contributed by atoms with Gasteiger partial charge in [-0.1, -0.05) is 24.3 Å². The fourth-order valence-corrected chi connectivity index (χ4v) is 3.34. The second kappa shape index (κ2) is 6.59. The molecule has 0 saturated carbocycles. The van der Waals surface area contributed by atoms with Crippen molar-refractivity contribution in [1.29, 1.82) is 0 Å². The highest BCUT2D eigenvalue weighted by atomic mass is 16.5. The number of fused-ring (bicyclic) bond motifs is 1. The molecular weight excluding hydrogens is 328 g/mol. The van der Waals surface area contributed by atoms with E-state index < -0.39 is 0 Å². The van der Waals surface area contributed by atoms with Crippen molar-refractivity contribution >= 4 is 28.4 Å². The molecule has 130 valence electrons. The second-order valence-corrected chi connectivity index (χ2v) is 6.37. The summed E-state index contributed by atoms with van der Waals surface area (Å²) in [6.45, 7) is 0. The van der Waals surface area contributed by atoms with Gasteiger partial charge in [0.25, 0.3) is 0 Å². The van der Waals surface area contributed by atoms with Crippen molar-refractivity contribution in [3.63, 3.8) is 0 Å². The average molecular weight is 346 g/mol. The number of hydrogen-bond donors (Lipinski definition) is 0. The van der Waals surface area contributed by atoms with Crippen LogP contribution in [0.5, 0.6) is 5.75 Å². The first kappa shape index (κ1) is 16.3. The average Bonchev–Trinajstić information content (AvgIpc) is 2.95. The Hall–Kier alpha value is -3.21. The maximum absolute atomic E-state index is 12.7. The zero-order chi connectivity index (χ0) is 18.1. The Balaban J connectivity index is 1.57. The van der Waals surface area contributed by atoms with E-state index in [1.165, 1.54) is 4.90 Å². The summed E-state index contributed by atoms with van der Waals surface area (Å²) >= 11 is 0. The number of rotatable bonds is 4. The lowest BCUT2D eigenvalue weighted by atomic mass is 10.0. The maximum atomic E-state index is 12.7. The Kier molecular flexibility index (Phi) is 4.13. The Morgan fingerprint density at radius 1 is 1.08 bits per heavy atom. The lowest BCUT2D eigenvalue weighted by Gasteiger charge is -2.14. The van der Waals surface area contributed by atoms with Crippen LogP contribution in [0.3, 0.4) is 0 Å². The molecule has 1 unspecified atom stereocenters. The number of para-hydroxylation sites is 1. The number of imide groups is 1. The molecule has 3 aromatic rings. The number of nitrogens with zero attached hydrogens (tertiary/aromatic N) is 2. The first-order valence-electron chi connectivity index (χ1n) is 8.51. The Labute approximate surface area is 151 Å². The minimum Gasteiger partial charge on any atom is -0.497 e. The molecule has 2 amide bonds. The maximum Gasteiger partial charge on any atom is 0.237 e. The van der Waals surface area contributed by atoms with Crippen molar-refractivity contribution in [2.75, 3.05) is 12.0 Å². The molecule has 1 atom stereocenters. The van der Waals surface area contributed by atoms with E-state index in [2.05, 4.69) is 4.98 Å². The van der Waals surface area contributed by atoms with Gasteiger partial charge in [-0.25, -0.2) is 0 Å². The standard InChI is InChI=1S/C21H18N2O3/c1-26-18-9-10-19-14(12-18)7-8-16(22-19)11-15-13-20(24)23(21(15)25)17-5-3-2-4-6-17/h2-10,12,15H,11,13H2,1H3. The van der Waals surface area contributed by atoms with Gasteiger partial charge in [0.1, 0.15) is 5.75 Å². The molecule has 1 fully saturated rings. The summed E-state index contributed by atoms with van der Waals surface area (Å²) in [4.78, 5) is 31.0. The molecule has 1 saturated heterocycles. The molecule has 1 aromatic heterocycles. The number of amides is 2. The second-order valence-electron chi connectivity index (χ2n) is 6.37. The smallest absolute Gasteiger partial charge is 0.237 e. The number of benzene rings is 2. The van der Waals surface area contributed by atoms with Crippen molar-refractivity contribution in [1.82, 2.24) is 4.98 Å². The van der Waals surface area contributed by atoms with E-state index in [4.69, 9.17) is 4.74 Å². The molecule has 0 N–H and O–H groups in total. The molecule has 0 bridgehead atoms. The quantitative estimate of drug-likeness (QED) is 0.680. The highest BCUT2D eigenvalue weighted by Crippen LogP contribution is 2.29. The third-order valence-corrected chi connectivity index (χ3v) is 4.66. The summed E-state index contributed by atoms with van der Waals surface area (Å²) in [5.74, 6) is 0.0996. The van der Waals surface area contributed by atoms with E-state index >= 15 is 0 Å². The van der Waals surface area contributed by atoms with E-state index in [1.54, 1.807) is 19.2 Å². The Morgan fingerprint density at radius 2 is 1.88 bits per heavy atom. The number of anilines is 1. The number of ether oxygens (including phenoxy) is 1. The van der Waals surface area contributed by atoms with Crippen LogP contribution in [0.4, 0.5) is 5.69 Å². The summed E-state index contributed by atoms with van der Waals surface area (Å²) in [6.07, 6.45) is 0.673. The van der Waals surface area contributed by atoms with Crippen LogP contribution in [0.15, 0.2) is 60.7 Å². The molecule has 2 aromatic carbocycles. The molecule has 2 heterocycles. The summed E-state index contributed by atoms with van der Waals surface area (Å²) in [6, 6.07) is 18.6. The van der Waals surface area contributed by atoms with Crippen LogP contribution < -0.4 is 9.64 Å². The van der Waals surface area contributed by atoms with E-state index in [0.29, 0.717) is 12.1 Å². The highest BCUT2D eigenvalue weighted by molar-refractivity contribution is 6.20. The minimum absolute atomic E-state index is 0.155. The van der Waals surface area contributed by atoms with E-state index in [9.17, 15) is 9.59 Å². The molecule has 1 aliphatic heterocycles. The summed E-state index contributed by atoms with van der Waals surface area (Å²) < 4.78 is 5.22. The van der Waals surface area contributed by atoms with Gasteiger partial charge in [0.2, 0.25) is 11.8 Å². The van der Waals surface area contributed by atoms with Crippen LogP contribution in [0, 0.1) is 5.92 Å². The lowest BCUT2D eigenvalue weighted by Crippen LogP contribution is -2.30. The van der Waals surface area contributed by atoms with Gasteiger partial charge in [-0.2, -0.15) is 0 Å². The summed E-state index contributed by atoms with van der Waals surface area (Å²) in [5, 5.41) is 0.979. The largest absolute Gasteiger partial charge is 0.497 e. The lowest BCUT2D eigenvalue weighted by molar-refractivity contribution is -0.122. The van der Waals surface area contributed by atoms with Gasteiger partial charge in [-0.15, -0.1) is 0 Å². The molecule has 0 radical (unpaired) electrons. The van der Waals surface area contributed by atoms with Crippen LogP contribution in [0.25, 0.3) is 10.9 Å². The van der Waals surface area contributed by atoms with Gasteiger partial charge in [0.05, 0.1) is 24.2 Å². The minimum atomic E-state index is -0.370. The van der Waals surface area contributed by atoms with Crippen LogP contribution in [-0.2, 0) is 16.0 Å². The molecular formula is C21H18N2O3. The summed E-state index contributed by atoms with van der Waals surface area (Å²) in [5.41, 5.74) is 2.28.